The van der Waals surface area contributed by atoms with Gasteiger partial charge in [0, 0.05) is 18.0 Å². The fraction of sp³-hybridized carbons (Fsp3) is 0.452. The first-order valence-electron chi connectivity index (χ1n) is 14.1. The molecule has 0 unspecified atom stereocenters. The normalized spacial score (nSPS) is 15.7. The number of halogens is 1. The summed E-state index contributed by atoms with van der Waals surface area (Å²) in [6.45, 7) is 4.85. The summed E-state index contributed by atoms with van der Waals surface area (Å²) >= 11 is 0. The molecule has 220 valence electrons. The van der Waals surface area contributed by atoms with E-state index >= 15 is 0 Å². The van der Waals surface area contributed by atoms with Gasteiger partial charge in [-0.15, -0.1) is 0 Å². The Morgan fingerprint density at radius 3 is 2.07 bits per heavy atom. The molecule has 3 atom stereocenters. The summed E-state index contributed by atoms with van der Waals surface area (Å²) in [4.78, 5) is 64.7. The lowest BCUT2D eigenvalue weighted by Crippen LogP contribution is -2.57. The third-order valence-electron chi connectivity index (χ3n) is 7.20. The quantitative estimate of drug-likeness (QED) is 0.293. The minimum atomic E-state index is -1.20. The number of Topliss-reactive ketones (excluding diaryl/α,β-unsaturated/α-hetero) is 1. The SMILES string of the molecule is CC(C)[C@H](NC(=O)[C@H](C)NC(=O)[C@@H](Cc1ccccc1F)NC(=O)c1ccccc1)C(=O)C(=O)NC1CCCCC1. The summed E-state index contributed by atoms with van der Waals surface area (Å²) < 4.78 is 14.4. The highest BCUT2D eigenvalue weighted by Gasteiger charge is 2.33. The molecular formula is C31H39FN4O5. The molecule has 2 aromatic carbocycles. The van der Waals surface area contributed by atoms with E-state index < -0.39 is 53.4 Å². The molecule has 0 aromatic heterocycles. The van der Waals surface area contributed by atoms with Gasteiger partial charge in [-0.2, -0.15) is 0 Å². The Morgan fingerprint density at radius 1 is 0.805 bits per heavy atom. The molecule has 1 saturated carbocycles. The molecule has 0 bridgehead atoms. The maximum atomic E-state index is 14.4. The monoisotopic (exact) mass is 566 g/mol. The summed E-state index contributed by atoms with van der Waals surface area (Å²) in [5.74, 6) is -4.31. The minimum absolute atomic E-state index is 0.0561. The lowest BCUT2D eigenvalue weighted by molar-refractivity contribution is -0.141. The number of hydrogen-bond donors (Lipinski definition) is 4. The van der Waals surface area contributed by atoms with Crippen LogP contribution in [0, 0.1) is 11.7 Å². The van der Waals surface area contributed by atoms with Gasteiger partial charge in [-0.3, -0.25) is 24.0 Å². The Labute approximate surface area is 240 Å². The molecule has 0 spiro atoms. The fourth-order valence-corrected chi connectivity index (χ4v) is 4.76. The van der Waals surface area contributed by atoms with Crippen LogP contribution in [0.5, 0.6) is 0 Å². The fourth-order valence-electron chi connectivity index (χ4n) is 4.76. The summed E-state index contributed by atoms with van der Waals surface area (Å²) in [7, 11) is 0. The highest BCUT2D eigenvalue weighted by atomic mass is 19.1. The van der Waals surface area contributed by atoms with Crippen molar-refractivity contribution in [1.29, 1.82) is 0 Å². The van der Waals surface area contributed by atoms with Gasteiger partial charge in [0.15, 0.2) is 0 Å². The van der Waals surface area contributed by atoms with Crippen LogP contribution in [-0.4, -0.2) is 53.6 Å². The molecule has 1 fully saturated rings. The van der Waals surface area contributed by atoms with E-state index in [9.17, 15) is 28.4 Å². The predicted molar refractivity (Wildman–Crippen MR) is 152 cm³/mol. The molecule has 0 heterocycles. The Balaban J connectivity index is 1.67. The van der Waals surface area contributed by atoms with Gasteiger partial charge in [0.05, 0.1) is 6.04 Å². The topological polar surface area (TPSA) is 133 Å². The van der Waals surface area contributed by atoms with Crippen LogP contribution in [0.15, 0.2) is 54.6 Å². The number of benzene rings is 2. The lowest BCUT2D eigenvalue weighted by atomic mass is 9.94. The molecule has 41 heavy (non-hydrogen) atoms. The summed E-state index contributed by atoms with van der Waals surface area (Å²) in [6, 6.07) is 10.7. The molecule has 4 amide bonds. The lowest BCUT2D eigenvalue weighted by Gasteiger charge is -2.26. The van der Waals surface area contributed by atoms with Crippen LogP contribution in [-0.2, 0) is 25.6 Å². The van der Waals surface area contributed by atoms with Crippen LogP contribution in [0.25, 0.3) is 0 Å². The van der Waals surface area contributed by atoms with E-state index in [0.717, 1.165) is 32.1 Å². The van der Waals surface area contributed by atoms with Crippen LogP contribution < -0.4 is 21.3 Å². The van der Waals surface area contributed by atoms with E-state index in [1.54, 1.807) is 50.2 Å². The average molecular weight is 567 g/mol. The first-order chi connectivity index (χ1) is 19.6. The first kappa shape index (κ1) is 31.4. The van der Waals surface area contributed by atoms with E-state index in [-0.39, 0.29) is 23.9 Å². The van der Waals surface area contributed by atoms with Crippen LogP contribution in [0.4, 0.5) is 4.39 Å². The second kappa shape index (κ2) is 15.1. The Hall–Kier alpha value is -4.08. The third-order valence-corrected chi connectivity index (χ3v) is 7.20. The standard InChI is InChI=1S/C31H39FN4O5/c1-19(2)26(27(37)31(41)34-23-15-8-5-9-16-23)36-28(38)20(3)33-30(40)25(18-22-14-10-11-17-24(22)32)35-29(39)21-12-6-4-7-13-21/h4,6-7,10-14,17,19-20,23,25-26H,5,8-9,15-16,18H2,1-3H3,(H,33,40)(H,34,41)(H,35,39)(H,36,38)/t20-,25+,26-/m0/s1. The number of nitrogens with one attached hydrogen (secondary N) is 4. The van der Waals surface area contributed by atoms with E-state index in [1.165, 1.54) is 25.1 Å². The van der Waals surface area contributed by atoms with E-state index in [1.807, 2.05) is 0 Å². The van der Waals surface area contributed by atoms with Crippen molar-refractivity contribution >= 4 is 29.4 Å². The molecule has 10 heteroatoms. The average Bonchev–Trinajstić information content (AvgIpc) is 2.96. The predicted octanol–water partition coefficient (Wildman–Crippen LogP) is 2.83. The maximum Gasteiger partial charge on any atom is 0.289 e. The number of carbonyl (C=O) groups excluding carboxylic acids is 5. The van der Waals surface area contributed by atoms with Crippen molar-refractivity contribution < 1.29 is 28.4 Å². The van der Waals surface area contributed by atoms with E-state index in [0.29, 0.717) is 5.56 Å². The molecule has 9 nitrogen and oxygen atoms in total. The number of carbonyl (C=O) groups is 5. The smallest absolute Gasteiger partial charge is 0.289 e. The number of amides is 4. The zero-order chi connectivity index (χ0) is 29.9. The molecule has 1 aliphatic carbocycles. The van der Waals surface area contributed by atoms with Crippen molar-refractivity contribution in [1.82, 2.24) is 21.3 Å². The summed E-state index contributed by atoms with van der Waals surface area (Å²) in [6.07, 6.45) is 4.56. The van der Waals surface area contributed by atoms with Gasteiger partial charge in [-0.1, -0.05) is 69.5 Å². The van der Waals surface area contributed by atoms with Crippen molar-refractivity contribution in [3.8, 4) is 0 Å². The molecule has 0 aliphatic heterocycles. The molecule has 0 saturated heterocycles. The summed E-state index contributed by atoms with van der Waals surface area (Å²) in [5.41, 5.74) is 0.530. The minimum Gasteiger partial charge on any atom is -0.347 e. The molecule has 2 aromatic rings. The third kappa shape index (κ3) is 9.23. The molecule has 1 aliphatic rings. The van der Waals surface area contributed by atoms with E-state index in [4.69, 9.17) is 0 Å². The van der Waals surface area contributed by atoms with Crippen LogP contribution in [0.3, 0.4) is 0 Å². The highest BCUT2D eigenvalue weighted by Crippen LogP contribution is 2.17. The number of rotatable bonds is 12. The van der Waals surface area contributed by atoms with Crippen molar-refractivity contribution in [2.24, 2.45) is 5.92 Å². The molecular weight excluding hydrogens is 527 g/mol. The van der Waals surface area contributed by atoms with Crippen LogP contribution in [0.1, 0.15) is 68.8 Å². The zero-order valence-corrected chi connectivity index (χ0v) is 23.7. The van der Waals surface area contributed by atoms with Gasteiger partial charge in [-0.25, -0.2) is 4.39 Å². The van der Waals surface area contributed by atoms with Crippen molar-refractivity contribution in [2.75, 3.05) is 0 Å². The largest absolute Gasteiger partial charge is 0.347 e. The van der Waals surface area contributed by atoms with Crippen LogP contribution in [0.2, 0.25) is 0 Å². The van der Waals surface area contributed by atoms with Gasteiger partial charge < -0.3 is 21.3 Å². The molecule has 3 rings (SSSR count). The van der Waals surface area contributed by atoms with Crippen LogP contribution >= 0.6 is 0 Å². The van der Waals surface area contributed by atoms with Gasteiger partial charge in [0.25, 0.3) is 11.8 Å². The summed E-state index contributed by atoms with van der Waals surface area (Å²) in [5, 5.41) is 10.6. The second-order valence-electron chi connectivity index (χ2n) is 10.8. The molecule has 4 N–H and O–H groups in total. The van der Waals surface area contributed by atoms with Gasteiger partial charge in [-0.05, 0) is 49.4 Å². The Morgan fingerprint density at radius 2 is 1.44 bits per heavy atom. The van der Waals surface area contributed by atoms with Gasteiger partial charge >= 0.3 is 0 Å². The zero-order valence-electron chi connectivity index (χ0n) is 23.7. The Kier molecular flexibility index (Phi) is 11.6. The van der Waals surface area contributed by atoms with Gasteiger partial charge in [0.1, 0.15) is 17.9 Å². The maximum absolute atomic E-state index is 14.4. The van der Waals surface area contributed by atoms with Crippen molar-refractivity contribution in [3.05, 3.63) is 71.5 Å². The molecule has 0 radical (unpaired) electrons. The van der Waals surface area contributed by atoms with Crippen molar-refractivity contribution in [2.45, 2.75) is 83.5 Å². The first-order valence-corrected chi connectivity index (χ1v) is 14.1. The number of hydrogen-bond acceptors (Lipinski definition) is 5. The Bertz CT molecular complexity index is 1230. The highest BCUT2D eigenvalue weighted by molar-refractivity contribution is 6.38. The second-order valence-corrected chi connectivity index (χ2v) is 10.8. The van der Waals surface area contributed by atoms with Crippen molar-refractivity contribution in [3.63, 3.8) is 0 Å². The number of ketones is 1. The van der Waals surface area contributed by atoms with Gasteiger partial charge in [0.2, 0.25) is 17.6 Å². The van der Waals surface area contributed by atoms with E-state index in [2.05, 4.69) is 21.3 Å².